The highest BCUT2D eigenvalue weighted by Gasteiger charge is 2.18. The molecular weight excluding hydrogens is 270 g/mol. The number of nitrogens with zero attached hydrogens (tertiary/aromatic N) is 3. The third-order valence-corrected chi connectivity index (χ3v) is 3.34. The zero-order valence-electron chi connectivity index (χ0n) is 10.5. The van der Waals surface area contributed by atoms with Gasteiger partial charge in [-0.2, -0.15) is 10.4 Å². The lowest BCUT2D eigenvalue weighted by molar-refractivity contribution is 0.885. The van der Waals surface area contributed by atoms with E-state index < -0.39 is 0 Å². The van der Waals surface area contributed by atoms with Crippen molar-refractivity contribution in [3.05, 3.63) is 71.4 Å². The normalized spacial score (nSPS) is 10.2. The van der Waals surface area contributed by atoms with Crippen molar-refractivity contribution in [1.82, 2.24) is 9.78 Å². The van der Waals surface area contributed by atoms with E-state index >= 15 is 0 Å². The Bertz CT molecular complexity index is 771. The first kappa shape index (κ1) is 12.5. The van der Waals surface area contributed by atoms with Gasteiger partial charge in [0.2, 0.25) is 0 Å². The van der Waals surface area contributed by atoms with E-state index in [1.807, 2.05) is 60.7 Å². The van der Waals surface area contributed by atoms with Crippen molar-refractivity contribution in [1.29, 1.82) is 5.26 Å². The van der Waals surface area contributed by atoms with Gasteiger partial charge in [-0.05, 0) is 12.1 Å². The monoisotopic (exact) mass is 279 g/mol. The fraction of sp³-hybridized carbons (Fsp3) is 0. The molecule has 0 bridgehead atoms. The number of benzene rings is 2. The molecule has 0 N–H and O–H groups in total. The van der Waals surface area contributed by atoms with Gasteiger partial charge >= 0.3 is 0 Å². The standard InChI is InChI=1S/C16H10ClN3/c17-16-14(11-18)15(12-7-3-1-4-8-12)19-20(16)13-9-5-2-6-10-13/h1-10H. The highest BCUT2D eigenvalue weighted by molar-refractivity contribution is 6.31. The molecule has 96 valence electrons. The van der Waals surface area contributed by atoms with Gasteiger partial charge < -0.3 is 0 Å². The zero-order valence-corrected chi connectivity index (χ0v) is 11.2. The van der Waals surface area contributed by atoms with Crippen molar-refractivity contribution in [3.8, 4) is 23.0 Å². The van der Waals surface area contributed by atoms with Crippen LogP contribution in [0.2, 0.25) is 5.15 Å². The van der Waals surface area contributed by atoms with Crippen molar-refractivity contribution in [2.75, 3.05) is 0 Å². The van der Waals surface area contributed by atoms with E-state index in [0.29, 0.717) is 16.4 Å². The Labute approximate surface area is 121 Å². The molecule has 2 aromatic carbocycles. The molecule has 0 aliphatic rings. The van der Waals surface area contributed by atoms with E-state index in [-0.39, 0.29) is 0 Å². The van der Waals surface area contributed by atoms with Crippen LogP contribution in [0.4, 0.5) is 0 Å². The Morgan fingerprint density at radius 3 is 2.15 bits per heavy atom. The molecule has 3 rings (SSSR count). The predicted octanol–water partition coefficient (Wildman–Crippen LogP) is 4.06. The van der Waals surface area contributed by atoms with Crippen LogP contribution in [0, 0.1) is 11.3 Å². The second-order valence-electron chi connectivity index (χ2n) is 4.24. The summed E-state index contributed by atoms with van der Waals surface area (Å²) >= 11 is 6.29. The first-order valence-electron chi connectivity index (χ1n) is 6.10. The topological polar surface area (TPSA) is 41.6 Å². The molecule has 0 spiro atoms. The second-order valence-corrected chi connectivity index (χ2v) is 4.60. The lowest BCUT2D eigenvalue weighted by Crippen LogP contribution is -1.95. The fourth-order valence-corrected chi connectivity index (χ4v) is 2.30. The van der Waals surface area contributed by atoms with Gasteiger partial charge in [-0.25, -0.2) is 4.68 Å². The van der Waals surface area contributed by atoms with Crippen LogP contribution in [-0.2, 0) is 0 Å². The highest BCUT2D eigenvalue weighted by Crippen LogP contribution is 2.29. The third-order valence-electron chi connectivity index (χ3n) is 2.99. The lowest BCUT2D eigenvalue weighted by Gasteiger charge is -2.01. The van der Waals surface area contributed by atoms with Crippen molar-refractivity contribution in [2.45, 2.75) is 0 Å². The first-order chi connectivity index (χ1) is 9.81. The maximum absolute atomic E-state index is 9.33. The Hall–Kier alpha value is -2.57. The van der Waals surface area contributed by atoms with Crippen LogP contribution >= 0.6 is 11.6 Å². The number of hydrogen-bond acceptors (Lipinski definition) is 2. The zero-order chi connectivity index (χ0) is 13.9. The van der Waals surface area contributed by atoms with Gasteiger partial charge in [0.1, 0.15) is 17.3 Å². The molecule has 0 radical (unpaired) electrons. The minimum atomic E-state index is 0.331. The largest absolute Gasteiger partial charge is 0.220 e. The highest BCUT2D eigenvalue weighted by atomic mass is 35.5. The van der Waals surface area contributed by atoms with Crippen LogP contribution in [0.15, 0.2) is 60.7 Å². The Balaban J connectivity index is 2.22. The molecule has 0 saturated carbocycles. The number of nitriles is 1. The average Bonchev–Trinajstić information content (AvgIpc) is 2.86. The summed E-state index contributed by atoms with van der Waals surface area (Å²) in [6.45, 7) is 0. The van der Waals surface area contributed by atoms with Crippen LogP contribution in [0.25, 0.3) is 16.9 Å². The van der Waals surface area contributed by atoms with Crippen molar-refractivity contribution in [2.24, 2.45) is 0 Å². The van der Waals surface area contributed by atoms with E-state index in [1.165, 1.54) is 0 Å². The van der Waals surface area contributed by atoms with Gasteiger partial charge in [-0.3, -0.25) is 0 Å². The molecule has 0 atom stereocenters. The number of halogens is 1. The summed E-state index contributed by atoms with van der Waals surface area (Å²) in [6, 6.07) is 21.2. The second kappa shape index (κ2) is 5.20. The molecule has 0 aliphatic heterocycles. The van der Waals surface area contributed by atoms with Gasteiger partial charge in [0.25, 0.3) is 0 Å². The molecule has 0 unspecified atom stereocenters. The maximum Gasteiger partial charge on any atom is 0.151 e. The molecule has 1 heterocycles. The minimum Gasteiger partial charge on any atom is -0.220 e. The summed E-state index contributed by atoms with van der Waals surface area (Å²) in [5, 5.41) is 14.1. The molecule has 4 heteroatoms. The van der Waals surface area contributed by atoms with Gasteiger partial charge in [-0.15, -0.1) is 0 Å². The Morgan fingerprint density at radius 1 is 0.950 bits per heavy atom. The van der Waals surface area contributed by atoms with Crippen LogP contribution < -0.4 is 0 Å². The summed E-state index contributed by atoms with van der Waals surface area (Å²) in [5.74, 6) is 0. The average molecular weight is 280 g/mol. The SMILES string of the molecule is N#Cc1c(-c2ccccc2)nn(-c2ccccc2)c1Cl. The summed E-state index contributed by atoms with van der Waals surface area (Å²) in [4.78, 5) is 0. The summed E-state index contributed by atoms with van der Waals surface area (Å²) < 4.78 is 1.59. The molecule has 0 amide bonds. The van der Waals surface area contributed by atoms with Crippen LogP contribution in [0.3, 0.4) is 0 Å². The van der Waals surface area contributed by atoms with E-state index in [0.717, 1.165) is 11.3 Å². The van der Waals surface area contributed by atoms with Crippen LogP contribution in [-0.4, -0.2) is 9.78 Å². The molecule has 3 nitrogen and oxygen atoms in total. The van der Waals surface area contributed by atoms with Gasteiger partial charge in [0.15, 0.2) is 5.15 Å². The Kier molecular flexibility index (Phi) is 3.24. The predicted molar refractivity (Wildman–Crippen MR) is 78.7 cm³/mol. The van der Waals surface area contributed by atoms with Gasteiger partial charge in [-0.1, -0.05) is 60.1 Å². The Morgan fingerprint density at radius 2 is 1.55 bits per heavy atom. The smallest absolute Gasteiger partial charge is 0.151 e. The first-order valence-corrected chi connectivity index (χ1v) is 6.48. The van der Waals surface area contributed by atoms with E-state index in [4.69, 9.17) is 11.6 Å². The van der Waals surface area contributed by atoms with E-state index in [1.54, 1.807) is 4.68 Å². The number of rotatable bonds is 2. The number of para-hydroxylation sites is 1. The number of hydrogen-bond donors (Lipinski definition) is 0. The van der Waals surface area contributed by atoms with Gasteiger partial charge in [0, 0.05) is 5.56 Å². The van der Waals surface area contributed by atoms with Crippen molar-refractivity contribution < 1.29 is 0 Å². The third kappa shape index (κ3) is 2.07. The van der Waals surface area contributed by atoms with Crippen LogP contribution in [0.1, 0.15) is 5.56 Å². The quantitative estimate of drug-likeness (QED) is 0.710. The molecule has 3 aromatic rings. The summed E-state index contributed by atoms with van der Waals surface area (Å²) in [6.07, 6.45) is 0. The molecule has 20 heavy (non-hydrogen) atoms. The van der Waals surface area contributed by atoms with Gasteiger partial charge in [0.05, 0.1) is 5.69 Å². The fourth-order valence-electron chi connectivity index (χ4n) is 2.03. The number of aromatic nitrogens is 2. The summed E-state index contributed by atoms with van der Waals surface area (Å²) in [5.41, 5.74) is 2.69. The van der Waals surface area contributed by atoms with Crippen LogP contribution in [0.5, 0.6) is 0 Å². The molecule has 0 fully saturated rings. The lowest BCUT2D eigenvalue weighted by atomic mass is 10.1. The summed E-state index contributed by atoms with van der Waals surface area (Å²) in [7, 11) is 0. The molecule has 0 saturated heterocycles. The van der Waals surface area contributed by atoms with E-state index in [9.17, 15) is 5.26 Å². The van der Waals surface area contributed by atoms with E-state index in [2.05, 4.69) is 11.2 Å². The molecule has 1 aromatic heterocycles. The van der Waals surface area contributed by atoms with Crippen molar-refractivity contribution >= 4 is 11.6 Å². The van der Waals surface area contributed by atoms with Crippen molar-refractivity contribution in [3.63, 3.8) is 0 Å². The maximum atomic E-state index is 9.33. The minimum absolute atomic E-state index is 0.331. The molecular formula is C16H10ClN3. The molecule has 0 aliphatic carbocycles.